The van der Waals surface area contributed by atoms with Crippen LogP contribution >= 0.6 is 0 Å². The summed E-state index contributed by atoms with van der Waals surface area (Å²) in [4.78, 5) is 6.50. The van der Waals surface area contributed by atoms with Crippen molar-refractivity contribution in [1.29, 1.82) is 0 Å². The molecule has 0 radical (unpaired) electrons. The van der Waals surface area contributed by atoms with Gasteiger partial charge in [-0.05, 0) is 44.0 Å². The van der Waals surface area contributed by atoms with Crippen molar-refractivity contribution in [3.8, 4) is 11.3 Å². The minimum Gasteiger partial charge on any atom is -0.390 e. The van der Waals surface area contributed by atoms with Crippen LogP contribution in [0.2, 0.25) is 0 Å². The van der Waals surface area contributed by atoms with Gasteiger partial charge in [-0.25, -0.2) is 0 Å². The number of nitrogens with two attached hydrogens (primary N) is 1. The Bertz CT molecular complexity index is 768. The minimum absolute atomic E-state index is 0.225. The molecule has 0 aliphatic heterocycles. The summed E-state index contributed by atoms with van der Waals surface area (Å²) in [6.07, 6.45) is 10.5. The zero-order valence-electron chi connectivity index (χ0n) is 16.0. The van der Waals surface area contributed by atoms with Crippen LogP contribution in [0.4, 0.5) is 0 Å². The van der Waals surface area contributed by atoms with E-state index in [-0.39, 0.29) is 6.04 Å². The number of hydrogen-bond donors (Lipinski definition) is 2. The third-order valence-electron chi connectivity index (χ3n) is 4.96. The number of nitrogens with zero attached hydrogens (tertiary/aromatic N) is 2. The highest BCUT2D eigenvalue weighted by molar-refractivity contribution is 5.58. The van der Waals surface area contributed by atoms with Gasteiger partial charge in [-0.15, -0.1) is 0 Å². The zero-order valence-corrected chi connectivity index (χ0v) is 16.0. The molecule has 4 nitrogen and oxygen atoms in total. The summed E-state index contributed by atoms with van der Waals surface area (Å²) in [5.41, 5.74) is 10.8. The highest BCUT2D eigenvalue weighted by Crippen LogP contribution is 2.19. The van der Waals surface area contributed by atoms with Gasteiger partial charge in [0.15, 0.2) is 0 Å². The summed E-state index contributed by atoms with van der Waals surface area (Å²) in [7, 11) is 2.02. The number of aliphatic hydroxyl groups is 1. The van der Waals surface area contributed by atoms with E-state index in [1.807, 2.05) is 25.2 Å². The number of aromatic nitrogens is 1. The molecule has 1 aromatic carbocycles. The van der Waals surface area contributed by atoms with Gasteiger partial charge in [0.05, 0.1) is 11.8 Å². The molecule has 2 atom stereocenters. The second-order valence-electron chi connectivity index (χ2n) is 7.34. The monoisotopic (exact) mass is 363 g/mol. The van der Waals surface area contributed by atoms with E-state index < -0.39 is 6.10 Å². The molecule has 0 saturated heterocycles. The molecule has 142 valence electrons. The Labute approximate surface area is 162 Å². The molecule has 0 bridgehead atoms. The zero-order chi connectivity index (χ0) is 19.1. The van der Waals surface area contributed by atoms with Gasteiger partial charge in [-0.2, -0.15) is 0 Å². The Balaban J connectivity index is 1.50. The van der Waals surface area contributed by atoms with Crippen molar-refractivity contribution in [2.75, 3.05) is 13.6 Å². The van der Waals surface area contributed by atoms with Crippen LogP contribution in [0, 0.1) is 0 Å². The molecule has 4 heteroatoms. The van der Waals surface area contributed by atoms with E-state index in [4.69, 9.17) is 5.73 Å². The predicted molar refractivity (Wildman–Crippen MR) is 111 cm³/mol. The van der Waals surface area contributed by atoms with Crippen molar-refractivity contribution < 1.29 is 5.11 Å². The quantitative estimate of drug-likeness (QED) is 0.753. The molecular formula is C23H29N3O. The molecule has 0 saturated carbocycles. The first-order valence-electron chi connectivity index (χ1n) is 9.59. The van der Waals surface area contributed by atoms with Gasteiger partial charge in [0, 0.05) is 30.9 Å². The molecule has 0 spiro atoms. The van der Waals surface area contributed by atoms with Crippen LogP contribution in [0.3, 0.4) is 0 Å². The summed E-state index contributed by atoms with van der Waals surface area (Å²) in [6, 6.07) is 14.1. The molecule has 0 fully saturated rings. The molecule has 1 aromatic heterocycles. The van der Waals surface area contributed by atoms with Crippen molar-refractivity contribution in [3.05, 3.63) is 78.0 Å². The molecule has 0 amide bonds. The molecule has 3 rings (SSSR count). The smallest absolute Gasteiger partial charge is 0.0820 e. The number of pyridine rings is 1. The van der Waals surface area contributed by atoms with Crippen LogP contribution < -0.4 is 5.73 Å². The van der Waals surface area contributed by atoms with Gasteiger partial charge in [-0.1, -0.05) is 54.1 Å². The molecular weight excluding hydrogens is 334 g/mol. The second-order valence-corrected chi connectivity index (χ2v) is 7.34. The minimum atomic E-state index is -0.533. The summed E-state index contributed by atoms with van der Waals surface area (Å²) in [6.45, 7) is 1.34. The first-order valence-corrected chi connectivity index (χ1v) is 9.59. The number of benzene rings is 1. The van der Waals surface area contributed by atoms with Gasteiger partial charge in [0.2, 0.25) is 0 Å². The van der Waals surface area contributed by atoms with Gasteiger partial charge in [0.1, 0.15) is 0 Å². The van der Waals surface area contributed by atoms with Crippen molar-refractivity contribution in [2.45, 2.75) is 38.0 Å². The van der Waals surface area contributed by atoms with Gasteiger partial charge >= 0.3 is 0 Å². The highest BCUT2D eigenvalue weighted by Gasteiger charge is 2.18. The van der Waals surface area contributed by atoms with E-state index in [1.54, 1.807) is 6.20 Å². The van der Waals surface area contributed by atoms with Gasteiger partial charge in [-0.3, -0.25) is 9.88 Å². The van der Waals surface area contributed by atoms with Crippen LogP contribution in [0.25, 0.3) is 11.3 Å². The van der Waals surface area contributed by atoms with Crippen molar-refractivity contribution >= 4 is 0 Å². The van der Waals surface area contributed by atoms with E-state index in [2.05, 4.69) is 52.4 Å². The molecule has 2 unspecified atom stereocenters. The third-order valence-corrected chi connectivity index (χ3v) is 4.96. The normalized spacial score (nSPS) is 16.2. The maximum absolute atomic E-state index is 10.5. The second kappa shape index (κ2) is 9.60. The summed E-state index contributed by atoms with van der Waals surface area (Å²) >= 11 is 0. The fourth-order valence-electron chi connectivity index (χ4n) is 3.41. The van der Waals surface area contributed by atoms with Crippen LogP contribution in [-0.2, 0) is 6.54 Å². The number of likely N-dealkylation sites (N-methyl/N-ethyl adjacent to an activating group) is 1. The lowest BCUT2D eigenvalue weighted by molar-refractivity contribution is 0.0989. The van der Waals surface area contributed by atoms with Crippen LogP contribution in [0.1, 0.15) is 24.8 Å². The van der Waals surface area contributed by atoms with Crippen molar-refractivity contribution in [3.63, 3.8) is 0 Å². The Kier molecular flexibility index (Phi) is 6.93. The summed E-state index contributed by atoms with van der Waals surface area (Å²) in [5.74, 6) is 0. The maximum Gasteiger partial charge on any atom is 0.0820 e. The lowest BCUT2D eigenvalue weighted by Gasteiger charge is -2.26. The highest BCUT2D eigenvalue weighted by atomic mass is 16.3. The largest absolute Gasteiger partial charge is 0.390 e. The van der Waals surface area contributed by atoms with E-state index in [9.17, 15) is 5.11 Å². The Hall–Kier alpha value is -2.27. The average molecular weight is 364 g/mol. The lowest BCUT2D eigenvalue weighted by Crippen LogP contribution is -2.42. The molecule has 27 heavy (non-hydrogen) atoms. The van der Waals surface area contributed by atoms with E-state index in [1.165, 1.54) is 11.1 Å². The first kappa shape index (κ1) is 19.5. The Morgan fingerprint density at radius 1 is 1.19 bits per heavy atom. The van der Waals surface area contributed by atoms with Crippen molar-refractivity contribution in [2.24, 2.45) is 5.73 Å². The molecule has 1 aliphatic carbocycles. The fourth-order valence-corrected chi connectivity index (χ4v) is 3.41. The van der Waals surface area contributed by atoms with Crippen molar-refractivity contribution in [1.82, 2.24) is 9.88 Å². The number of rotatable bonds is 8. The van der Waals surface area contributed by atoms with Gasteiger partial charge in [0.25, 0.3) is 0 Å². The SMILES string of the molecule is CN(Cc1ccc(-c2ccccn2)cc1)CC(O)C(N)CC1=CC=CCC1. The Morgan fingerprint density at radius 2 is 2.00 bits per heavy atom. The summed E-state index contributed by atoms with van der Waals surface area (Å²) in [5, 5.41) is 10.5. The topological polar surface area (TPSA) is 62.4 Å². The van der Waals surface area contributed by atoms with E-state index in [0.717, 1.165) is 37.1 Å². The van der Waals surface area contributed by atoms with E-state index in [0.29, 0.717) is 6.54 Å². The first-order chi connectivity index (χ1) is 13.1. The fraction of sp³-hybridized carbons (Fsp3) is 0.348. The van der Waals surface area contributed by atoms with Crippen LogP contribution in [-0.4, -0.2) is 40.7 Å². The Morgan fingerprint density at radius 3 is 2.67 bits per heavy atom. The van der Waals surface area contributed by atoms with Gasteiger partial charge < -0.3 is 10.8 Å². The number of aliphatic hydroxyl groups excluding tert-OH is 1. The predicted octanol–water partition coefficient (Wildman–Crippen LogP) is 3.54. The molecule has 1 heterocycles. The standard InChI is InChI=1S/C23H29N3O/c1-26(17-23(27)21(24)15-18-7-3-2-4-8-18)16-19-10-12-20(13-11-19)22-9-5-6-14-25-22/h2-3,5-7,9-14,21,23,27H,4,8,15-17,24H2,1H3. The van der Waals surface area contributed by atoms with Crippen LogP contribution in [0.5, 0.6) is 0 Å². The summed E-state index contributed by atoms with van der Waals surface area (Å²) < 4.78 is 0. The number of hydrogen-bond acceptors (Lipinski definition) is 4. The van der Waals surface area contributed by atoms with Crippen LogP contribution in [0.15, 0.2) is 72.5 Å². The lowest BCUT2D eigenvalue weighted by atomic mass is 9.95. The average Bonchev–Trinajstić information content (AvgIpc) is 2.70. The third kappa shape index (κ3) is 5.86. The maximum atomic E-state index is 10.5. The number of allylic oxidation sites excluding steroid dienone is 3. The van der Waals surface area contributed by atoms with E-state index >= 15 is 0 Å². The molecule has 1 aliphatic rings. The molecule has 2 aromatic rings. The molecule has 3 N–H and O–H groups in total.